The van der Waals surface area contributed by atoms with E-state index in [2.05, 4.69) is 41.1 Å². The molecule has 118 valence electrons. The Hall–Kier alpha value is -1.36. The molecule has 0 unspecified atom stereocenters. The summed E-state index contributed by atoms with van der Waals surface area (Å²) in [5.41, 5.74) is 6.96. The zero-order valence-electron chi connectivity index (χ0n) is 13.8. The van der Waals surface area contributed by atoms with Crippen LogP contribution in [0, 0.1) is 6.92 Å². The molecule has 0 aliphatic heterocycles. The average Bonchev–Trinajstić information content (AvgIpc) is 3.26. The lowest BCUT2D eigenvalue weighted by Gasteiger charge is -2.20. The van der Waals surface area contributed by atoms with Crippen LogP contribution in [0.25, 0.3) is 0 Å². The van der Waals surface area contributed by atoms with Gasteiger partial charge in [0.2, 0.25) is 0 Å². The second-order valence-electron chi connectivity index (χ2n) is 6.42. The molecular weight excluding hydrogens is 262 g/mol. The molecule has 0 saturated heterocycles. The number of anilines is 2. The van der Waals surface area contributed by atoms with Crippen LogP contribution in [0.2, 0.25) is 0 Å². The smallest absolute Gasteiger partial charge is 0.136 e. The van der Waals surface area contributed by atoms with Crippen LogP contribution >= 0.6 is 0 Å². The third-order valence-electron chi connectivity index (χ3n) is 4.25. The van der Waals surface area contributed by atoms with Crippen LogP contribution < -0.4 is 11.1 Å². The lowest BCUT2D eigenvalue weighted by Crippen LogP contribution is -2.27. The van der Waals surface area contributed by atoms with Gasteiger partial charge in [-0.1, -0.05) is 0 Å². The minimum absolute atomic E-state index is 0.535. The number of rotatable bonds is 8. The van der Waals surface area contributed by atoms with E-state index in [1.165, 1.54) is 19.3 Å². The van der Waals surface area contributed by atoms with Gasteiger partial charge in [-0.3, -0.25) is 0 Å². The predicted octanol–water partition coefficient (Wildman–Crippen LogP) is 2.78. The summed E-state index contributed by atoms with van der Waals surface area (Å²) < 4.78 is 0. The summed E-state index contributed by atoms with van der Waals surface area (Å²) in [4.78, 5) is 11.4. The Morgan fingerprint density at radius 2 is 2.00 bits per heavy atom. The van der Waals surface area contributed by atoms with Crippen molar-refractivity contribution in [2.75, 3.05) is 31.2 Å². The average molecular weight is 291 g/mol. The summed E-state index contributed by atoms with van der Waals surface area (Å²) in [5, 5.41) is 3.43. The maximum Gasteiger partial charge on any atom is 0.136 e. The Kier molecular flexibility index (Phi) is 5.39. The highest BCUT2D eigenvalue weighted by Crippen LogP contribution is 2.39. The molecule has 0 spiro atoms. The fourth-order valence-electron chi connectivity index (χ4n) is 2.20. The number of nitrogens with two attached hydrogens (primary N) is 1. The van der Waals surface area contributed by atoms with E-state index in [0.29, 0.717) is 17.8 Å². The van der Waals surface area contributed by atoms with Crippen molar-refractivity contribution < 1.29 is 0 Å². The minimum atomic E-state index is 0.535. The molecule has 1 fully saturated rings. The number of unbranched alkanes of at least 4 members (excludes halogenated alkanes) is 1. The largest absolute Gasteiger partial charge is 0.383 e. The number of nitrogen functional groups attached to an aromatic ring is 1. The highest BCUT2D eigenvalue weighted by Gasteiger charge is 2.27. The summed E-state index contributed by atoms with van der Waals surface area (Å²) in [5.74, 6) is 2.99. The molecule has 2 rings (SSSR count). The summed E-state index contributed by atoms with van der Waals surface area (Å²) in [6.07, 6.45) is 4.73. The number of hydrogen-bond donors (Lipinski definition) is 2. The first-order chi connectivity index (χ1) is 9.99. The summed E-state index contributed by atoms with van der Waals surface area (Å²) in [7, 11) is 2.18. The van der Waals surface area contributed by atoms with E-state index >= 15 is 0 Å². The molecule has 1 aromatic rings. The Morgan fingerprint density at radius 3 is 2.62 bits per heavy atom. The second-order valence-corrected chi connectivity index (χ2v) is 6.42. The van der Waals surface area contributed by atoms with E-state index in [9.17, 15) is 0 Å². The summed E-state index contributed by atoms with van der Waals surface area (Å²) in [6.45, 7) is 8.52. The molecule has 0 aromatic carbocycles. The highest BCUT2D eigenvalue weighted by molar-refractivity contribution is 5.55. The molecule has 5 heteroatoms. The van der Waals surface area contributed by atoms with Gasteiger partial charge in [0.05, 0.1) is 0 Å². The van der Waals surface area contributed by atoms with E-state index < -0.39 is 0 Å². The van der Waals surface area contributed by atoms with Gasteiger partial charge < -0.3 is 16.0 Å². The van der Waals surface area contributed by atoms with Gasteiger partial charge in [-0.2, -0.15) is 0 Å². The zero-order valence-corrected chi connectivity index (χ0v) is 13.8. The summed E-state index contributed by atoms with van der Waals surface area (Å²) in [6, 6.07) is 0.614. The normalized spacial score (nSPS) is 15.0. The van der Waals surface area contributed by atoms with Gasteiger partial charge in [0.15, 0.2) is 0 Å². The van der Waals surface area contributed by atoms with E-state index in [0.717, 1.165) is 36.7 Å². The van der Waals surface area contributed by atoms with Crippen LogP contribution in [-0.2, 0) is 0 Å². The van der Waals surface area contributed by atoms with Crippen molar-refractivity contribution in [1.82, 2.24) is 14.9 Å². The van der Waals surface area contributed by atoms with Crippen molar-refractivity contribution in [3.05, 3.63) is 11.4 Å². The lowest BCUT2D eigenvalue weighted by atomic mass is 10.2. The van der Waals surface area contributed by atoms with Crippen LogP contribution in [-0.4, -0.2) is 41.0 Å². The van der Waals surface area contributed by atoms with Crippen LogP contribution in [0.15, 0.2) is 0 Å². The molecule has 1 saturated carbocycles. The molecule has 1 aliphatic rings. The first-order valence-electron chi connectivity index (χ1n) is 8.07. The van der Waals surface area contributed by atoms with Crippen molar-refractivity contribution in [3.63, 3.8) is 0 Å². The van der Waals surface area contributed by atoms with Gasteiger partial charge in [0.1, 0.15) is 17.5 Å². The van der Waals surface area contributed by atoms with Crippen molar-refractivity contribution in [2.45, 2.75) is 58.4 Å². The molecule has 1 aromatic heterocycles. The van der Waals surface area contributed by atoms with Crippen LogP contribution in [0.4, 0.5) is 11.6 Å². The number of hydrogen-bond acceptors (Lipinski definition) is 5. The summed E-state index contributed by atoms with van der Waals surface area (Å²) >= 11 is 0. The van der Waals surface area contributed by atoms with Crippen molar-refractivity contribution in [3.8, 4) is 0 Å². The van der Waals surface area contributed by atoms with Crippen molar-refractivity contribution in [1.29, 1.82) is 0 Å². The van der Waals surface area contributed by atoms with Crippen molar-refractivity contribution in [2.24, 2.45) is 0 Å². The van der Waals surface area contributed by atoms with E-state index in [1.54, 1.807) is 0 Å². The third-order valence-corrected chi connectivity index (χ3v) is 4.25. The molecule has 21 heavy (non-hydrogen) atoms. The molecule has 0 bridgehead atoms. The van der Waals surface area contributed by atoms with Gasteiger partial charge in [-0.25, -0.2) is 9.97 Å². The Labute approximate surface area is 128 Å². The quantitative estimate of drug-likeness (QED) is 0.721. The number of nitrogens with zero attached hydrogens (tertiary/aromatic N) is 3. The molecule has 1 heterocycles. The van der Waals surface area contributed by atoms with E-state index in [4.69, 9.17) is 5.73 Å². The van der Waals surface area contributed by atoms with Crippen LogP contribution in [0.3, 0.4) is 0 Å². The molecule has 0 radical (unpaired) electrons. The fraction of sp³-hybridized carbons (Fsp3) is 0.750. The molecule has 5 nitrogen and oxygen atoms in total. The lowest BCUT2D eigenvalue weighted by molar-refractivity contribution is 0.269. The maximum absolute atomic E-state index is 5.99. The minimum Gasteiger partial charge on any atom is -0.383 e. The first-order valence-corrected chi connectivity index (χ1v) is 8.07. The first kappa shape index (κ1) is 16.0. The topological polar surface area (TPSA) is 67.1 Å². The Bertz CT molecular complexity index is 468. The van der Waals surface area contributed by atoms with Gasteiger partial charge in [-0.05, 0) is 60.0 Å². The van der Waals surface area contributed by atoms with E-state index in [1.807, 2.05) is 6.92 Å². The van der Waals surface area contributed by atoms with Gasteiger partial charge >= 0.3 is 0 Å². The monoisotopic (exact) mass is 291 g/mol. The highest BCUT2D eigenvalue weighted by atomic mass is 15.1. The second kappa shape index (κ2) is 7.07. The number of nitrogens with one attached hydrogen (secondary N) is 1. The Balaban J connectivity index is 1.80. The SMILES string of the molecule is Cc1c(N)nc(C2CC2)nc1NCCCCN(C)C(C)C. The van der Waals surface area contributed by atoms with Crippen LogP contribution in [0.1, 0.15) is 56.8 Å². The molecular formula is C16H29N5. The molecule has 0 amide bonds. The van der Waals surface area contributed by atoms with Gasteiger partial charge in [0, 0.05) is 24.1 Å². The maximum atomic E-state index is 5.99. The predicted molar refractivity (Wildman–Crippen MR) is 88.6 cm³/mol. The van der Waals surface area contributed by atoms with E-state index in [-0.39, 0.29) is 0 Å². The van der Waals surface area contributed by atoms with Gasteiger partial charge in [-0.15, -0.1) is 0 Å². The van der Waals surface area contributed by atoms with Gasteiger partial charge in [0.25, 0.3) is 0 Å². The zero-order chi connectivity index (χ0) is 15.4. The fourth-order valence-corrected chi connectivity index (χ4v) is 2.20. The molecule has 1 aliphatic carbocycles. The number of aromatic nitrogens is 2. The molecule has 0 atom stereocenters. The molecule has 3 N–H and O–H groups in total. The van der Waals surface area contributed by atoms with Crippen LogP contribution in [0.5, 0.6) is 0 Å². The third kappa shape index (κ3) is 4.56. The Morgan fingerprint density at radius 1 is 1.29 bits per heavy atom. The van der Waals surface area contributed by atoms with Crippen molar-refractivity contribution >= 4 is 11.6 Å². The standard InChI is InChI=1S/C16H29N5/c1-11(2)21(4)10-6-5-9-18-15-12(3)14(17)19-16(20-15)13-7-8-13/h11,13H,5-10H2,1-4H3,(H3,17,18,19,20).